The van der Waals surface area contributed by atoms with E-state index in [0.29, 0.717) is 35.4 Å². The fourth-order valence-electron chi connectivity index (χ4n) is 4.37. The molecule has 11 nitrogen and oxygen atoms in total. The Hall–Kier alpha value is -4.21. The number of H-pyrrole nitrogens is 1. The van der Waals surface area contributed by atoms with Crippen molar-refractivity contribution in [3.05, 3.63) is 71.2 Å². The topological polar surface area (TPSA) is 155 Å². The second-order valence-electron chi connectivity index (χ2n) is 8.85. The average Bonchev–Trinajstić information content (AvgIpc) is 3.58. The molecule has 0 radical (unpaired) electrons. The van der Waals surface area contributed by atoms with Crippen LogP contribution in [0.4, 0.5) is 5.69 Å². The van der Waals surface area contributed by atoms with Crippen molar-refractivity contribution >= 4 is 32.5 Å². The van der Waals surface area contributed by atoms with E-state index in [1.165, 1.54) is 12.1 Å². The van der Waals surface area contributed by atoms with Gasteiger partial charge in [0.05, 0.1) is 33.9 Å². The van der Waals surface area contributed by atoms with Crippen molar-refractivity contribution in [2.24, 2.45) is 0 Å². The van der Waals surface area contributed by atoms with E-state index in [1.54, 1.807) is 41.3 Å². The monoisotopic (exact) mass is 519 g/mol. The van der Waals surface area contributed by atoms with Gasteiger partial charge < -0.3 is 15.0 Å². The van der Waals surface area contributed by atoms with Gasteiger partial charge in [0.2, 0.25) is 0 Å². The maximum absolute atomic E-state index is 13.0. The molecule has 1 fully saturated rings. The number of nitrogens with zero attached hydrogens (tertiary/aromatic N) is 4. The van der Waals surface area contributed by atoms with Crippen molar-refractivity contribution in [2.45, 2.75) is 37.2 Å². The number of hydrogen-bond donors (Lipinski definition) is 3. The number of sulfonamides is 1. The van der Waals surface area contributed by atoms with E-state index in [0.717, 1.165) is 24.0 Å². The minimum absolute atomic E-state index is 0.0720. The van der Waals surface area contributed by atoms with Gasteiger partial charge in [-0.1, -0.05) is 23.4 Å². The average molecular weight is 520 g/mol. The number of hydrogen-bond acceptors (Lipinski definition) is 7. The van der Waals surface area contributed by atoms with Crippen LogP contribution in [-0.4, -0.2) is 47.5 Å². The SMILES string of the molecule is Cc1ccc(NS(=O)(=O)c2ccc(CNC(=O)c3cn(C4CCOCC4)nn3)cc2)c2[nH]cc(C#N)c12. The molecule has 1 saturated heterocycles. The summed E-state index contributed by atoms with van der Waals surface area (Å²) in [5.41, 5.74) is 3.17. The van der Waals surface area contributed by atoms with Gasteiger partial charge in [0, 0.05) is 31.3 Å². The van der Waals surface area contributed by atoms with Gasteiger partial charge >= 0.3 is 0 Å². The van der Waals surface area contributed by atoms with Crippen LogP contribution in [0.5, 0.6) is 0 Å². The van der Waals surface area contributed by atoms with Crippen molar-refractivity contribution in [2.75, 3.05) is 17.9 Å². The minimum atomic E-state index is -3.88. The molecule has 0 bridgehead atoms. The zero-order chi connectivity index (χ0) is 26.0. The number of aryl methyl sites for hydroxylation is 1. The molecule has 37 heavy (non-hydrogen) atoms. The minimum Gasteiger partial charge on any atom is -0.381 e. The molecule has 190 valence electrons. The maximum Gasteiger partial charge on any atom is 0.273 e. The Morgan fingerprint density at radius 3 is 2.70 bits per heavy atom. The van der Waals surface area contributed by atoms with Crippen LogP contribution in [-0.2, 0) is 21.3 Å². The second-order valence-corrected chi connectivity index (χ2v) is 10.5. The summed E-state index contributed by atoms with van der Waals surface area (Å²) in [6.45, 7) is 3.39. The molecule has 3 heterocycles. The highest BCUT2D eigenvalue weighted by Gasteiger charge is 2.20. The third kappa shape index (κ3) is 5.04. The number of aromatic amines is 1. The lowest BCUT2D eigenvalue weighted by atomic mass is 10.1. The van der Waals surface area contributed by atoms with E-state index < -0.39 is 10.0 Å². The van der Waals surface area contributed by atoms with Gasteiger partial charge in [-0.05, 0) is 49.1 Å². The number of rotatable bonds is 7. The summed E-state index contributed by atoms with van der Waals surface area (Å²) in [6, 6.07) is 12.0. The van der Waals surface area contributed by atoms with Crippen LogP contribution in [0.25, 0.3) is 10.9 Å². The smallest absolute Gasteiger partial charge is 0.273 e. The van der Waals surface area contributed by atoms with Crippen molar-refractivity contribution in [1.29, 1.82) is 5.26 Å². The molecule has 3 N–H and O–H groups in total. The second kappa shape index (κ2) is 10.0. The molecule has 0 saturated carbocycles. The van der Waals surface area contributed by atoms with E-state index in [2.05, 4.69) is 31.4 Å². The number of nitrogens with one attached hydrogen (secondary N) is 3. The van der Waals surface area contributed by atoms with E-state index in [4.69, 9.17) is 4.74 Å². The van der Waals surface area contributed by atoms with Crippen LogP contribution in [0.15, 0.2) is 53.7 Å². The molecule has 4 aromatic rings. The molecule has 0 aliphatic carbocycles. The quantitative estimate of drug-likeness (QED) is 0.339. The standard InChI is InChI=1S/C25H25N7O4S/c1-16-2-7-21(24-23(16)18(12-26)14-27-24)30-37(34,35)20-5-3-17(4-6-20)13-28-25(33)22-15-32(31-29-22)19-8-10-36-11-9-19/h2-7,14-15,19,27,30H,8-11,13H2,1H3,(H,28,33). The number of carbonyl (C=O) groups is 1. The molecule has 2 aromatic carbocycles. The fourth-order valence-corrected chi connectivity index (χ4v) is 5.44. The predicted octanol–water partition coefficient (Wildman–Crippen LogP) is 3.02. The maximum atomic E-state index is 13.0. The number of ether oxygens (including phenoxy) is 1. The Balaban J connectivity index is 1.24. The van der Waals surface area contributed by atoms with Gasteiger partial charge in [0.1, 0.15) is 6.07 Å². The Labute approximate surface area is 213 Å². The number of amides is 1. The van der Waals surface area contributed by atoms with E-state index in [9.17, 15) is 18.5 Å². The third-order valence-corrected chi connectivity index (χ3v) is 7.78. The van der Waals surface area contributed by atoms with Gasteiger partial charge in [-0.15, -0.1) is 5.10 Å². The molecule has 1 amide bonds. The molecule has 2 aromatic heterocycles. The summed E-state index contributed by atoms with van der Waals surface area (Å²) in [5.74, 6) is -0.359. The van der Waals surface area contributed by atoms with Gasteiger partial charge in [0.25, 0.3) is 15.9 Å². The molecular weight excluding hydrogens is 494 g/mol. The zero-order valence-corrected chi connectivity index (χ0v) is 20.9. The summed E-state index contributed by atoms with van der Waals surface area (Å²) < 4.78 is 35.7. The summed E-state index contributed by atoms with van der Waals surface area (Å²) in [4.78, 5) is 15.6. The Morgan fingerprint density at radius 1 is 1.22 bits per heavy atom. The summed E-state index contributed by atoms with van der Waals surface area (Å²) in [6.07, 6.45) is 4.85. The first kappa shape index (κ1) is 24.5. The number of benzene rings is 2. The lowest BCUT2D eigenvalue weighted by molar-refractivity contribution is 0.0657. The van der Waals surface area contributed by atoms with Gasteiger partial charge in [-0.3, -0.25) is 9.52 Å². The Morgan fingerprint density at radius 2 is 1.97 bits per heavy atom. The zero-order valence-electron chi connectivity index (χ0n) is 20.1. The van der Waals surface area contributed by atoms with E-state index in [1.807, 2.05) is 6.92 Å². The lowest BCUT2D eigenvalue weighted by Crippen LogP contribution is -2.23. The Bertz CT molecular complexity index is 1590. The molecule has 1 aliphatic rings. The number of carbonyl (C=O) groups excluding carboxylic acids is 1. The number of anilines is 1. The van der Waals surface area contributed by atoms with Gasteiger partial charge in [0.15, 0.2) is 5.69 Å². The highest BCUT2D eigenvalue weighted by Crippen LogP contribution is 2.30. The summed E-state index contributed by atoms with van der Waals surface area (Å²) in [5, 5.41) is 20.9. The van der Waals surface area contributed by atoms with Crippen LogP contribution in [0.2, 0.25) is 0 Å². The van der Waals surface area contributed by atoms with Crippen LogP contribution in [0, 0.1) is 18.3 Å². The molecule has 1 aliphatic heterocycles. The number of fused-ring (bicyclic) bond motifs is 1. The van der Waals surface area contributed by atoms with Crippen molar-refractivity contribution < 1.29 is 17.9 Å². The number of nitriles is 1. The molecule has 12 heteroatoms. The lowest BCUT2D eigenvalue weighted by Gasteiger charge is -2.21. The third-order valence-electron chi connectivity index (χ3n) is 6.40. The summed E-state index contributed by atoms with van der Waals surface area (Å²) in [7, 11) is -3.88. The van der Waals surface area contributed by atoms with E-state index in [-0.39, 0.29) is 29.1 Å². The summed E-state index contributed by atoms with van der Waals surface area (Å²) >= 11 is 0. The fraction of sp³-hybridized carbons (Fsp3) is 0.280. The number of aromatic nitrogens is 4. The first-order valence-electron chi connectivity index (χ1n) is 11.8. The van der Waals surface area contributed by atoms with Crippen molar-refractivity contribution in [3.63, 3.8) is 0 Å². The van der Waals surface area contributed by atoms with Crippen LogP contribution < -0.4 is 10.0 Å². The van der Waals surface area contributed by atoms with Crippen LogP contribution >= 0.6 is 0 Å². The Kier molecular flexibility index (Phi) is 6.64. The highest BCUT2D eigenvalue weighted by atomic mass is 32.2. The first-order chi connectivity index (χ1) is 17.9. The van der Waals surface area contributed by atoms with Crippen LogP contribution in [0.1, 0.15) is 46.1 Å². The first-order valence-corrected chi connectivity index (χ1v) is 13.2. The van der Waals surface area contributed by atoms with Gasteiger partial charge in [-0.2, -0.15) is 5.26 Å². The van der Waals surface area contributed by atoms with Crippen LogP contribution in [0.3, 0.4) is 0 Å². The highest BCUT2D eigenvalue weighted by molar-refractivity contribution is 7.92. The molecule has 0 unspecified atom stereocenters. The molecular formula is C25H25N7O4S. The predicted molar refractivity (Wildman–Crippen MR) is 135 cm³/mol. The largest absolute Gasteiger partial charge is 0.381 e. The van der Waals surface area contributed by atoms with E-state index >= 15 is 0 Å². The molecule has 0 atom stereocenters. The molecule has 0 spiro atoms. The normalized spacial score (nSPS) is 14.4. The van der Waals surface area contributed by atoms with Crippen molar-refractivity contribution in [3.8, 4) is 6.07 Å². The van der Waals surface area contributed by atoms with Crippen molar-refractivity contribution in [1.82, 2.24) is 25.3 Å². The van der Waals surface area contributed by atoms with Gasteiger partial charge in [-0.25, -0.2) is 13.1 Å². The molecule has 5 rings (SSSR count).